The van der Waals surface area contributed by atoms with Crippen LogP contribution in [0.5, 0.6) is 0 Å². The zero-order valence-electron chi connectivity index (χ0n) is 7.24. The molecule has 0 spiro atoms. The molecule has 70 valence electrons. The number of esters is 1. The van der Waals surface area contributed by atoms with E-state index in [1.807, 2.05) is 59.0 Å². The van der Waals surface area contributed by atoms with E-state index in [2.05, 4.69) is 0 Å². The summed E-state index contributed by atoms with van der Waals surface area (Å²) in [7, 11) is 0. The van der Waals surface area contributed by atoms with E-state index in [1.165, 1.54) is 0 Å². The summed E-state index contributed by atoms with van der Waals surface area (Å²) < 4.78 is 5.62. The molecule has 0 N–H and O–H groups in total. The fraction of sp³-hybridized carbons (Fsp3) is 0. The number of hydrogen-bond acceptors (Lipinski definition) is 2. The molecule has 1 aliphatic heterocycles. The van der Waals surface area contributed by atoms with E-state index in [1.54, 1.807) is 6.08 Å². The summed E-state index contributed by atoms with van der Waals surface area (Å²) in [5.41, 5.74) is 1.03. The van der Waals surface area contributed by atoms with Crippen molar-refractivity contribution in [2.45, 2.75) is 0 Å². The van der Waals surface area contributed by atoms with Gasteiger partial charge in [0.2, 0.25) is 0 Å². The van der Waals surface area contributed by atoms with Crippen LogP contribution in [0.1, 0.15) is 5.56 Å². The summed E-state index contributed by atoms with van der Waals surface area (Å²) in [5, 5.41) is 0. The third kappa shape index (κ3) is 2.04. The van der Waals surface area contributed by atoms with Crippen LogP contribution in [-0.2, 0) is 9.53 Å². The van der Waals surface area contributed by atoms with Crippen molar-refractivity contribution < 1.29 is 9.53 Å². The van der Waals surface area contributed by atoms with Crippen molar-refractivity contribution in [3.8, 4) is 0 Å². The van der Waals surface area contributed by atoms with Gasteiger partial charge in [-0.3, -0.25) is 0 Å². The fourth-order valence-corrected chi connectivity index (χ4v) is 1.57. The first-order valence-corrected chi connectivity index (χ1v) is 5.20. The van der Waals surface area contributed by atoms with E-state index in [9.17, 15) is 4.79 Å². The Morgan fingerprint density at radius 2 is 1.93 bits per heavy atom. The number of rotatable bonds is 1. The summed E-state index contributed by atoms with van der Waals surface area (Å²) in [6.45, 7) is 0. The predicted molar refractivity (Wildman–Crippen MR) is 62.6 cm³/mol. The average molecular weight is 298 g/mol. The molecule has 1 aromatic carbocycles. The van der Waals surface area contributed by atoms with Crippen molar-refractivity contribution >= 4 is 34.6 Å². The second kappa shape index (κ2) is 3.96. The van der Waals surface area contributed by atoms with Gasteiger partial charge < -0.3 is 4.74 Å². The summed E-state index contributed by atoms with van der Waals surface area (Å²) in [4.78, 5) is 11.0. The second-order valence-electron chi connectivity index (χ2n) is 2.84. The Balaban J connectivity index is 2.26. The first kappa shape index (κ1) is 9.45. The Bertz CT molecular complexity index is 418. The minimum absolute atomic E-state index is 0.271. The van der Waals surface area contributed by atoms with E-state index in [-0.39, 0.29) is 5.97 Å². The topological polar surface area (TPSA) is 26.3 Å². The highest BCUT2D eigenvalue weighted by atomic mass is 127. The number of hydrogen-bond donors (Lipinski definition) is 0. The molecule has 2 rings (SSSR count). The van der Waals surface area contributed by atoms with Crippen molar-refractivity contribution in [1.82, 2.24) is 0 Å². The van der Waals surface area contributed by atoms with E-state index < -0.39 is 0 Å². The number of ether oxygens (including phenoxy) is 1. The Labute approximate surface area is 95.4 Å². The molecule has 1 aromatic rings. The van der Waals surface area contributed by atoms with Crippen molar-refractivity contribution in [3.63, 3.8) is 0 Å². The third-order valence-corrected chi connectivity index (χ3v) is 2.53. The third-order valence-electron chi connectivity index (χ3n) is 1.78. The minimum Gasteiger partial charge on any atom is -0.423 e. The monoisotopic (exact) mass is 298 g/mol. The summed E-state index contributed by atoms with van der Waals surface area (Å²) in [5.74, 6) is 0.332. The summed E-state index contributed by atoms with van der Waals surface area (Å²) in [6.07, 6.45) is 3.57. The molecule has 0 fully saturated rings. The molecule has 0 saturated carbocycles. The van der Waals surface area contributed by atoms with Crippen LogP contribution in [0.3, 0.4) is 0 Å². The van der Waals surface area contributed by atoms with Crippen LogP contribution in [0.4, 0.5) is 0 Å². The van der Waals surface area contributed by atoms with Gasteiger partial charge in [-0.1, -0.05) is 30.3 Å². The van der Waals surface area contributed by atoms with Gasteiger partial charge in [-0.25, -0.2) is 4.79 Å². The maximum absolute atomic E-state index is 11.0. The summed E-state index contributed by atoms with van der Waals surface area (Å²) in [6, 6.07) is 9.75. The van der Waals surface area contributed by atoms with Crippen LogP contribution in [-0.4, -0.2) is 5.97 Å². The lowest BCUT2D eigenvalue weighted by molar-refractivity contribution is -0.132. The maximum atomic E-state index is 11.0. The number of carbonyl (C=O) groups excluding carboxylic acids is 1. The smallest absolute Gasteiger partial charge is 0.349 e. The van der Waals surface area contributed by atoms with Gasteiger partial charge in [-0.05, 0) is 34.2 Å². The molecule has 1 aliphatic rings. The van der Waals surface area contributed by atoms with Crippen molar-refractivity contribution in [2.75, 3.05) is 0 Å². The van der Waals surface area contributed by atoms with Gasteiger partial charge in [0.1, 0.15) is 9.34 Å². The van der Waals surface area contributed by atoms with Crippen LogP contribution in [0.15, 0.2) is 45.7 Å². The number of halogens is 1. The molecule has 2 nitrogen and oxygen atoms in total. The quantitative estimate of drug-likeness (QED) is 0.588. The standard InChI is InChI=1S/C11H7IO2/c12-10-7-9(14-11(10)13)6-8-4-2-1-3-5-8/h1-7H/b9-6-. The molecule has 0 unspecified atom stereocenters. The molecule has 0 bridgehead atoms. The lowest BCUT2D eigenvalue weighted by atomic mass is 10.2. The molecule has 0 aromatic heterocycles. The van der Waals surface area contributed by atoms with Crippen LogP contribution >= 0.6 is 22.6 Å². The first-order chi connectivity index (χ1) is 6.75. The molecule has 0 radical (unpaired) electrons. The Kier molecular flexibility index (Phi) is 2.67. The van der Waals surface area contributed by atoms with E-state index in [0.29, 0.717) is 9.34 Å². The highest BCUT2D eigenvalue weighted by Gasteiger charge is 2.17. The van der Waals surface area contributed by atoms with Crippen LogP contribution in [0.25, 0.3) is 6.08 Å². The van der Waals surface area contributed by atoms with Gasteiger partial charge >= 0.3 is 5.97 Å². The lowest BCUT2D eigenvalue weighted by Crippen LogP contribution is -1.92. The molecule has 1 heterocycles. The summed E-state index contributed by atoms with van der Waals surface area (Å²) >= 11 is 1.96. The lowest BCUT2D eigenvalue weighted by Gasteiger charge is -1.95. The van der Waals surface area contributed by atoms with Crippen LogP contribution in [0.2, 0.25) is 0 Å². The van der Waals surface area contributed by atoms with Gasteiger partial charge in [-0.15, -0.1) is 0 Å². The highest BCUT2D eigenvalue weighted by molar-refractivity contribution is 14.1. The zero-order valence-corrected chi connectivity index (χ0v) is 9.39. The van der Waals surface area contributed by atoms with Crippen LogP contribution in [0, 0.1) is 0 Å². The molecule has 0 atom stereocenters. The molecule has 0 saturated heterocycles. The Hall–Kier alpha value is -1.10. The number of carbonyl (C=O) groups is 1. The molecule has 0 amide bonds. The second-order valence-corrected chi connectivity index (χ2v) is 4.00. The Morgan fingerprint density at radius 1 is 1.21 bits per heavy atom. The Morgan fingerprint density at radius 3 is 2.50 bits per heavy atom. The SMILES string of the molecule is O=C1O/C(=C\c2ccccc2)C=C1I. The van der Waals surface area contributed by atoms with Gasteiger partial charge in [-0.2, -0.15) is 0 Å². The van der Waals surface area contributed by atoms with Crippen molar-refractivity contribution in [3.05, 3.63) is 51.3 Å². The predicted octanol–water partition coefficient (Wildman–Crippen LogP) is 2.90. The van der Waals surface area contributed by atoms with Gasteiger partial charge in [0.25, 0.3) is 0 Å². The number of benzene rings is 1. The van der Waals surface area contributed by atoms with E-state index in [0.717, 1.165) is 5.56 Å². The highest BCUT2D eigenvalue weighted by Crippen LogP contribution is 2.23. The molecular formula is C11H7IO2. The van der Waals surface area contributed by atoms with Crippen molar-refractivity contribution in [2.24, 2.45) is 0 Å². The van der Waals surface area contributed by atoms with E-state index >= 15 is 0 Å². The molecular weight excluding hydrogens is 291 g/mol. The molecule has 14 heavy (non-hydrogen) atoms. The number of allylic oxidation sites excluding steroid dienone is 1. The maximum Gasteiger partial charge on any atom is 0.349 e. The van der Waals surface area contributed by atoms with Crippen LogP contribution < -0.4 is 0 Å². The average Bonchev–Trinajstić information content (AvgIpc) is 2.47. The molecule has 3 heteroatoms. The van der Waals surface area contributed by atoms with Gasteiger partial charge in [0.15, 0.2) is 0 Å². The normalized spacial score (nSPS) is 18.2. The fourth-order valence-electron chi connectivity index (χ4n) is 1.15. The molecule has 0 aliphatic carbocycles. The largest absolute Gasteiger partial charge is 0.423 e. The first-order valence-electron chi connectivity index (χ1n) is 4.12. The zero-order chi connectivity index (χ0) is 9.97. The van der Waals surface area contributed by atoms with Crippen molar-refractivity contribution in [1.29, 1.82) is 0 Å². The van der Waals surface area contributed by atoms with E-state index in [4.69, 9.17) is 4.74 Å². The number of cyclic esters (lactones) is 1. The van der Waals surface area contributed by atoms with Gasteiger partial charge in [0.05, 0.1) is 0 Å². The minimum atomic E-state index is -0.271. The van der Waals surface area contributed by atoms with Gasteiger partial charge in [0, 0.05) is 6.08 Å².